The van der Waals surface area contributed by atoms with Crippen LogP contribution in [0.2, 0.25) is 0 Å². The fourth-order valence-electron chi connectivity index (χ4n) is 13.5. The summed E-state index contributed by atoms with van der Waals surface area (Å²) in [5, 5.41) is 10.0. The molecule has 0 spiro atoms. The van der Waals surface area contributed by atoms with Crippen molar-refractivity contribution in [3.63, 3.8) is 0 Å². The molecule has 0 unspecified atom stereocenters. The average Bonchev–Trinajstić information content (AvgIpc) is 1.40. The summed E-state index contributed by atoms with van der Waals surface area (Å²) < 4.78 is 56.7. The molecule has 3 saturated heterocycles. The quantitative estimate of drug-likeness (QED) is 0.116. The van der Waals surface area contributed by atoms with Crippen LogP contribution in [0.5, 0.6) is 0 Å². The minimum atomic E-state index is -3.05. The van der Waals surface area contributed by atoms with E-state index in [1.165, 1.54) is 21.5 Å². The van der Waals surface area contributed by atoms with Gasteiger partial charge in [0.2, 0.25) is 0 Å². The predicted molar refractivity (Wildman–Crippen MR) is 391 cm³/mol. The van der Waals surface area contributed by atoms with Gasteiger partial charge in [-0.2, -0.15) is 0 Å². The number of rotatable bonds is 13. The molecule has 5 nitrogen and oxygen atoms in total. The fraction of sp³-hybridized carbons (Fsp3) is 0.273. The monoisotopic (exact) mass is 1280 g/mol. The largest absolute Gasteiger partial charge is 0.364 e. The highest BCUT2D eigenvalue weighted by Crippen LogP contribution is 2.70. The first-order valence-corrected chi connectivity index (χ1v) is 40.4. The van der Waals surface area contributed by atoms with Crippen LogP contribution >= 0.6 is 44.6 Å². The number of hydrogen-bond donors (Lipinski definition) is 1. The van der Waals surface area contributed by atoms with Crippen molar-refractivity contribution < 1.29 is 23.2 Å². The molecule has 88 heavy (non-hydrogen) atoms. The van der Waals surface area contributed by atoms with Gasteiger partial charge in [0.25, 0.3) is 0 Å². The van der Waals surface area contributed by atoms with Crippen LogP contribution in [0.15, 0.2) is 284 Å². The summed E-state index contributed by atoms with van der Waals surface area (Å²) in [5.41, 5.74) is 1.36. The standard InChI is InChI=1S/C25H28O2P2.C25H28OP2.C13H17OP.C12H11OP.2CH4/c1-25(2,24-19-12-20-28(24,26)21-13-6-3-7-14-21)29(27,22-15-8-4-9-16-22)23-17-10-5-11-18-23;1-25(2,24-19-12-20-28(24,26)23-17-10-5-11-18-23)27(21-13-6-3-7-14-21)22-15-8-4-9-16-22;1-11(2)13-9-6-10-15(13,14)12-7-4-3-5-8-12;13-14(11-7-3-1-4-8-11)12-9-5-2-6-10-12;;/h3-11,13-18,24H,12,19-20H2,1-2H3;3-11,13-18,24H,12,19-20H2,1-2H3;3-5,7-8H,6,9-10H2,1-2H3;1-10,13H;2*1H4/t24-,28+;24-,28-;15-;;;/m100.../s1. The predicted octanol–water partition coefficient (Wildman–Crippen LogP) is 18.4. The maximum atomic E-state index is 15.0. The normalized spacial score (nSPS) is 20.6. The Hall–Kier alpha value is -5.54. The van der Waals surface area contributed by atoms with Crippen LogP contribution in [0.4, 0.5) is 0 Å². The van der Waals surface area contributed by atoms with Crippen LogP contribution in [-0.4, -0.2) is 45.0 Å². The first kappa shape index (κ1) is 69.9. The van der Waals surface area contributed by atoms with Gasteiger partial charge in [-0.1, -0.05) is 321 Å². The Morgan fingerprint density at radius 3 is 1.09 bits per heavy atom. The lowest BCUT2D eigenvalue weighted by Crippen LogP contribution is -2.42. The molecule has 9 aromatic rings. The van der Waals surface area contributed by atoms with Gasteiger partial charge in [-0.05, 0) is 76.2 Å². The third kappa shape index (κ3) is 15.3. The lowest BCUT2D eigenvalue weighted by molar-refractivity contribution is 0.521. The smallest absolute Gasteiger partial charge is 0.149 e. The van der Waals surface area contributed by atoms with E-state index >= 15 is 4.57 Å². The molecule has 3 aliphatic rings. The molecule has 0 aromatic heterocycles. The molecule has 3 aliphatic heterocycles. The third-order valence-electron chi connectivity index (χ3n) is 17.7. The zero-order chi connectivity index (χ0) is 60.8. The van der Waals surface area contributed by atoms with Gasteiger partial charge in [0, 0.05) is 77.2 Å². The second-order valence-electron chi connectivity index (χ2n) is 24.0. The van der Waals surface area contributed by atoms with Gasteiger partial charge in [0.05, 0.1) is 8.15 Å². The SMILES string of the molecule is C.C.CC(C)([C@@H]1CCC[P@]1(=O)c1ccccc1)P(c1ccccc1)c1ccccc1.CC(C)([C@H]1CCC[P@]1(=O)c1ccccc1)P(=O)(c1ccccc1)c1ccccc1.CC(C)=C1CCC[P@]1(=O)c1ccccc1.OP(c1ccccc1)c1ccccc1. The molecule has 12 rings (SSSR count). The van der Waals surface area contributed by atoms with Gasteiger partial charge in [-0.3, -0.25) is 0 Å². The molecule has 9 aromatic carbocycles. The molecular weight excluding hydrogens is 1190 g/mol. The molecule has 0 aliphatic carbocycles. The topological polar surface area (TPSA) is 88.5 Å². The van der Waals surface area contributed by atoms with E-state index in [2.05, 4.69) is 114 Å². The van der Waals surface area contributed by atoms with Gasteiger partial charge in [0.1, 0.15) is 28.6 Å². The molecule has 0 radical (unpaired) electrons. The summed E-state index contributed by atoms with van der Waals surface area (Å²) in [6.45, 7) is 13.1. The van der Waals surface area contributed by atoms with Crippen LogP contribution in [0.3, 0.4) is 0 Å². The van der Waals surface area contributed by atoms with Gasteiger partial charge in [-0.25, -0.2) is 0 Å². The summed E-state index contributed by atoms with van der Waals surface area (Å²) in [4.78, 5) is 10.1. The summed E-state index contributed by atoms with van der Waals surface area (Å²) in [7, 11) is -12.2. The average molecular weight is 1280 g/mol. The van der Waals surface area contributed by atoms with E-state index in [9.17, 15) is 18.6 Å². The highest BCUT2D eigenvalue weighted by Gasteiger charge is 2.56. The third-order valence-corrected chi connectivity index (χ3v) is 38.5. The van der Waals surface area contributed by atoms with Gasteiger partial charge in [-0.15, -0.1) is 0 Å². The number of benzene rings is 9. The summed E-state index contributed by atoms with van der Waals surface area (Å²) in [6, 6.07) is 90.9. The molecular formula is C77H92O5P6. The van der Waals surface area contributed by atoms with E-state index in [0.29, 0.717) is 6.16 Å². The summed E-state index contributed by atoms with van der Waals surface area (Å²) in [6.07, 6.45) is 8.39. The van der Waals surface area contributed by atoms with Gasteiger partial charge in [0.15, 0.2) is 0 Å². The van der Waals surface area contributed by atoms with Crippen molar-refractivity contribution in [3.8, 4) is 0 Å². The molecule has 3 heterocycles. The molecule has 5 atom stereocenters. The second-order valence-corrected chi connectivity index (χ2v) is 41.2. The van der Waals surface area contributed by atoms with Crippen LogP contribution in [-0.2, 0) is 18.3 Å². The first-order chi connectivity index (χ1) is 41.5. The summed E-state index contributed by atoms with van der Waals surface area (Å²) in [5.74, 6) is 0. The molecule has 11 heteroatoms. The van der Waals surface area contributed by atoms with Gasteiger partial charge < -0.3 is 23.2 Å². The van der Waals surface area contributed by atoms with E-state index < -0.39 is 49.8 Å². The van der Waals surface area contributed by atoms with E-state index in [0.717, 1.165) is 88.0 Å². The van der Waals surface area contributed by atoms with Crippen molar-refractivity contribution in [3.05, 3.63) is 284 Å². The van der Waals surface area contributed by atoms with Crippen molar-refractivity contribution in [1.29, 1.82) is 0 Å². The maximum Gasteiger partial charge on any atom is 0.149 e. The molecule has 3 fully saturated rings. The molecule has 0 saturated carbocycles. The Balaban J connectivity index is 0.000000174. The van der Waals surface area contributed by atoms with Crippen LogP contribution < -0.4 is 47.7 Å². The van der Waals surface area contributed by atoms with E-state index in [4.69, 9.17) is 0 Å². The van der Waals surface area contributed by atoms with Crippen molar-refractivity contribution in [2.75, 3.05) is 18.5 Å². The highest BCUT2D eigenvalue weighted by molar-refractivity contribution is 7.82. The lowest BCUT2D eigenvalue weighted by Gasteiger charge is -2.43. The Labute approximate surface area is 531 Å². The number of allylic oxidation sites excluding steroid dienone is 2. The minimum Gasteiger partial charge on any atom is -0.364 e. The van der Waals surface area contributed by atoms with E-state index in [1.807, 2.05) is 200 Å². The highest BCUT2D eigenvalue weighted by atomic mass is 31.2. The first-order valence-electron chi connectivity index (χ1n) is 30.3. The zero-order valence-corrected chi connectivity index (χ0v) is 56.1. The van der Waals surface area contributed by atoms with Crippen molar-refractivity contribution >= 4 is 92.4 Å². The van der Waals surface area contributed by atoms with Crippen molar-refractivity contribution in [2.45, 2.75) is 117 Å². The maximum absolute atomic E-state index is 15.0. The second kappa shape index (κ2) is 31.5. The Kier molecular flexibility index (Phi) is 25.0. The fourth-order valence-corrected chi connectivity index (χ4v) is 34.1. The molecule has 460 valence electrons. The zero-order valence-electron chi connectivity index (χ0n) is 50.8. The van der Waals surface area contributed by atoms with E-state index in [1.54, 1.807) is 0 Å². The van der Waals surface area contributed by atoms with Crippen LogP contribution in [0.25, 0.3) is 0 Å². The van der Waals surface area contributed by atoms with Crippen LogP contribution in [0, 0.1) is 0 Å². The molecule has 1 N–H and O–H groups in total. The van der Waals surface area contributed by atoms with Crippen molar-refractivity contribution in [2.24, 2.45) is 0 Å². The van der Waals surface area contributed by atoms with E-state index in [-0.39, 0.29) is 31.3 Å². The van der Waals surface area contributed by atoms with Gasteiger partial charge >= 0.3 is 0 Å². The van der Waals surface area contributed by atoms with Crippen molar-refractivity contribution in [1.82, 2.24) is 0 Å². The van der Waals surface area contributed by atoms with Crippen LogP contribution in [0.1, 0.15) is 94.9 Å². The number of hydrogen-bond acceptors (Lipinski definition) is 5. The Morgan fingerprint density at radius 2 is 0.727 bits per heavy atom. The Morgan fingerprint density at radius 1 is 0.420 bits per heavy atom. The minimum absolute atomic E-state index is 0. The summed E-state index contributed by atoms with van der Waals surface area (Å²) >= 11 is 0. The molecule has 0 amide bonds. The lowest BCUT2D eigenvalue weighted by atomic mass is 10.1. The Bertz CT molecular complexity index is 3670. The molecule has 0 bridgehead atoms.